The van der Waals surface area contributed by atoms with E-state index in [1.54, 1.807) is 6.07 Å². The molecule has 0 spiro atoms. The SMILES string of the molecule is Cc1cccc(OCCN(C)c2cc(Cl)nc(N)n2)c1. The average molecular weight is 293 g/mol. The molecule has 2 N–H and O–H groups in total. The highest BCUT2D eigenvalue weighted by Gasteiger charge is 2.06. The molecule has 0 bridgehead atoms. The zero-order valence-electron chi connectivity index (χ0n) is 11.5. The number of nitrogens with two attached hydrogens (primary N) is 1. The maximum atomic E-state index is 5.85. The van der Waals surface area contributed by atoms with Crippen LogP contribution >= 0.6 is 11.6 Å². The van der Waals surface area contributed by atoms with Gasteiger partial charge in [-0.3, -0.25) is 0 Å². The van der Waals surface area contributed by atoms with Crippen LogP contribution in [0.2, 0.25) is 5.15 Å². The third-order valence-corrected chi connectivity index (χ3v) is 2.97. The van der Waals surface area contributed by atoms with Gasteiger partial charge in [0.2, 0.25) is 5.95 Å². The molecule has 0 aliphatic heterocycles. The number of hydrogen-bond acceptors (Lipinski definition) is 5. The van der Waals surface area contributed by atoms with E-state index in [9.17, 15) is 0 Å². The molecule has 1 heterocycles. The highest BCUT2D eigenvalue weighted by atomic mass is 35.5. The average Bonchev–Trinajstić information content (AvgIpc) is 2.37. The maximum absolute atomic E-state index is 5.85. The molecule has 5 nitrogen and oxygen atoms in total. The Morgan fingerprint density at radius 1 is 1.30 bits per heavy atom. The smallest absolute Gasteiger partial charge is 0.223 e. The largest absolute Gasteiger partial charge is 0.492 e. The van der Waals surface area contributed by atoms with Crippen molar-refractivity contribution in [2.75, 3.05) is 30.8 Å². The number of aryl methyl sites for hydroxylation is 1. The van der Waals surface area contributed by atoms with Gasteiger partial charge in [-0.1, -0.05) is 23.7 Å². The van der Waals surface area contributed by atoms with Gasteiger partial charge in [-0.15, -0.1) is 0 Å². The Bertz CT molecular complexity index is 571. The maximum Gasteiger partial charge on any atom is 0.223 e. The van der Waals surface area contributed by atoms with E-state index in [1.165, 1.54) is 5.56 Å². The number of anilines is 2. The van der Waals surface area contributed by atoms with Crippen LogP contribution in [0.1, 0.15) is 5.56 Å². The van der Waals surface area contributed by atoms with Crippen molar-refractivity contribution in [3.8, 4) is 5.75 Å². The lowest BCUT2D eigenvalue weighted by Crippen LogP contribution is -2.25. The Hall–Kier alpha value is -2.01. The number of nitrogens with zero attached hydrogens (tertiary/aromatic N) is 3. The van der Waals surface area contributed by atoms with Gasteiger partial charge >= 0.3 is 0 Å². The first-order valence-corrected chi connectivity index (χ1v) is 6.63. The lowest BCUT2D eigenvalue weighted by molar-refractivity contribution is 0.325. The summed E-state index contributed by atoms with van der Waals surface area (Å²) in [5.74, 6) is 1.70. The summed E-state index contributed by atoms with van der Waals surface area (Å²) in [6, 6.07) is 9.61. The number of benzene rings is 1. The summed E-state index contributed by atoms with van der Waals surface area (Å²) in [5.41, 5.74) is 6.74. The molecule has 0 aliphatic carbocycles. The van der Waals surface area contributed by atoms with Gasteiger partial charge in [-0.25, -0.2) is 4.98 Å². The first-order chi connectivity index (χ1) is 9.54. The molecule has 0 atom stereocenters. The lowest BCUT2D eigenvalue weighted by atomic mass is 10.2. The summed E-state index contributed by atoms with van der Waals surface area (Å²) in [5, 5.41) is 0.332. The number of nitrogen functional groups attached to an aromatic ring is 1. The molecule has 0 saturated heterocycles. The summed E-state index contributed by atoms with van der Waals surface area (Å²) in [6.07, 6.45) is 0. The van der Waals surface area contributed by atoms with Crippen LogP contribution in [-0.4, -0.2) is 30.2 Å². The Balaban J connectivity index is 1.90. The molecule has 0 unspecified atom stereocenters. The fourth-order valence-electron chi connectivity index (χ4n) is 1.74. The minimum Gasteiger partial charge on any atom is -0.492 e. The predicted molar refractivity (Wildman–Crippen MR) is 81.4 cm³/mol. The molecule has 0 radical (unpaired) electrons. The van der Waals surface area contributed by atoms with E-state index in [2.05, 4.69) is 9.97 Å². The molecule has 0 aliphatic rings. The Morgan fingerprint density at radius 3 is 2.80 bits per heavy atom. The zero-order valence-corrected chi connectivity index (χ0v) is 12.3. The molecule has 20 heavy (non-hydrogen) atoms. The highest BCUT2D eigenvalue weighted by molar-refractivity contribution is 6.29. The number of ether oxygens (including phenoxy) is 1. The quantitative estimate of drug-likeness (QED) is 0.858. The monoisotopic (exact) mass is 292 g/mol. The summed E-state index contributed by atoms with van der Waals surface area (Å²) in [4.78, 5) is 9.87. The summed E-state index contributed by atoms with van der Waals surface area (Å²) in [6.45, 7) is 3.24. The number of aromatic nitrogens is 2. The first kappa shape index (κ1) is 14.4. The van der Waals surface area contributed by atoms with Crippen LogP contribution in [0.5, 0.6) is 5.75 Å². The van der Waals surface area contributed by atoms with Gasteiger partial charge in [0.1, 0.15) is 23.3 Å². The third kappa shape index (κ3) is 3.99. The molecule has 0 amide bonds. The summed E-state index contributed by atoms with van der Waals surface area (Å²) in [7, 11) is 1.90. The summed E-state index contributed by atoms with van der Waals surface area (Å²) >= 11 is 5.85. The third-order valence-electron chi connectivity index (χ3n) is 2.77. The van der Waals surface area contributed by atoms with Crippen LogP contribution in [0.15, 0.2) is 30.3 Å². The molecule has 1 aromatic carbocycles. The second-order valence-corrected chi connectivity index (χ2v) is 4.88. The molecule has 1 aromatic heterocycles. The minimum atomic E-state index is 0.166. The minimum absolute atomic E-state index is 0.166. The van der Waals surface area contributed by atoms with Gasteiger partial charge in [-0.05, 0) is 24.6 Å². The van der Waals surface area contributed by atoms with Crippen molar-refractivity contribution in [3.63, 3.8) is 0 Å². The second kappa shape index (κ2) is 6.43. The van der Waals surface area contributed by atoms with Crippen LogP contribution in [0.3, 0.4) is 0 Å². The van der Waals surface area contributed by atoms with E-state index < -0.39 is 0 Å². The van der Waals surface area contributed by atoms with E-state index in [-0.39, 0.29) is 5.95 Å². The molecule has 0 fully saturated rings. The number of rotatable bonds is 5. The molecule has 0 saturated carbocycles. The van der Waals surface area contributed by atoms with Gasteiger partial charge in [0.25, 0.3) is 0 Å². The van der Waals surface area contributed by atoms with E-state index in [0.29, 0.717) is 24.1 Å². The summed E-state index contributed by atoms with van der Waals surface area (Å²) < 4.78 is 5.69. The number of likely N-dealkylation sites (N-methyl/N-ethyl adjacent to an activating group) is 1. The molecular weight excluding hydrogens is 276 g/mol. The van der Waals surface area contributed by atoms with Gasteiger partial charge in [-0.2, -0.15) is 4.98 Å². The highest BCUT2D eigenvalue weighted by Crippen LogP contribution is 2.16. The van der Waals surface area contributed by atoms with Crippen molar-refractivity contribution in [3.05, 3.63) is 41.0 Å². The van der Waals surface area contributed by atoms with Crippen LogP contribution in [0.4, 0.5) is 11.8 Å². The van der Waals surface area contributed by atoms with Crippen molar-refractivity contribution >= 4 is 23.4 Å². The number of hydrogen-bond donors (Lipinski definition) is 1. The van der Waals surface area contributed by atoms with Gasteiger partial charge in [0, 0.05) is 13.1 Å². The van der Waals surface area contributed by atoms with Crippen LogP contribution in [0, 0.1) is 6.92 Å². The molecule has 6 heteroatoms. The fraction of sp³-hybridized carbons (Fsp3) is 0.286. The van der Waals surface area contributed by atoms with Gasteiger partial charge < -0.3 is 15.4 Å². The van der Waals surface area contributed by atoms with E-state index in [4.69, 9.17) is 22.1 Å². The van der Waals surface area contributed by atoms with E-state index >= 15 is 0 Å². The first-order valence-electron chi connectivity index (χ1n) is 6.25. The Morgan fingerprint density at radius 2 is 2.10 bits per heavy atom. The topological polar surface area (TPSA) is 64.3 Å². The lowest BCUT2D eigenvalue weighted by Gasteiger charge is -2.18. The van der Waals surface area contributed by atoms with Crippen LogP contribution in [0.25, 0.3) is 0 Å². The van der Waals surface area contributed by atoms with Crippen LogP contribution in [-0.2, 0) is 0 Å². The van der Waals surface area contributed by atoms with Crippen molar-refractivity contribution in [2.45, 2.75) is 6.92 Å². The fourth-order valence-corrected chi connectivity index (χ4v) is 1.92. The second-order valence-electron chi connectivity index (χ2n) is 4.49. The Kier molecular flexibility index (Phi) is 4.63. The van der Waals surface area contributed by atoms with Crippen molar-refractivity contribution in [1.29, 1.82) is 0 Å². The molecule has 2 aromatic rings. The van der Waals surface area contributed by atoms with Crippen molar-refractivity contribution < 1.29 is 4.74 Å². The van der Waals surface area contributed by atoms with Gasteiger partial charge in [0.15, 0.2) is 0 Å². The number of halogens is 1. The molecule has 2 rings (SSSR count). The molecular formula is C14H17ClN4O. The van der Waals surface area contributed by atoms with E-state index in [1.807, 2.05) is 43.1 Å². The zero-order chi connectivity index (χ0) is 14.5. The normalized spacial score (nSPS) is 10.3. The van der Waals surface area contributed by atoms with Gasteiger partial charge in [0.05, 0.1) is 6.54 Å². The van der Waals surface area contributed by atoms with Crippen LogP contribution < -0.4 is 15.4 Å². The predicted octanol–water partition coefficient (Wildman–Crippen LogP) is 2.54. The van der Waals surface area contributed by atoms with Crippen molar-refractivity contribution in [2.24, 2.45) is 0 Å². The molecule has 106 valence electrons. The standard InChI is InChI=1S/C14H17ClN4O/c1-10-4-3-5-11(8-10)20-7-6-19(2)13-9-12(15)17-14(16)18-13/h3-5,8-9H,6-7H2,1-2H3,(H2,16,17,18). The Labute approximate surface area is 123 Å². The van der Waals surface area contributed by atoms with Crippen molar-refractivity contribution in [1.82, 2.24) is 9.97 Å². The van der Waals surface area contributed by atoms with E-state index in [0.717, 1.165) is 5.75 Å².